The molecule has 0 aromatic heterocycles. The summed E-state index contributed by atoms with van der Waals surface area (Å²) in [7, 11) is 0. The molecule has 2 aromatic rings. The van der Waals surface area contributed by atoms with Crippen LogP contribution in [0.1, 0.15) is 22.8 Å². The molecule has 0 heterocycles. The molecule has 2 aromatic carbocycles. The minimum atomic E-state index is -0.0371. The lowest BCUT2D eigenvalue weighted by atomic mass is 10.1. The van der Waals surface area contributed by atoms with Crippen molar-refractivity contribution in [3.05, 3.63) is 58.1 Å². The summed E-state index contributed by atoms with van der Waals surface area (Å²) < 4.78 is 0.810. The number of carbonyl (C=O) groups excluding carboxylic acids is 1. The number of halogens is 1. The number of amides is 1. The fraction of sp³-hybridized carbons (Fsp3) is 0.188. The van der Waals surface area contributed by atoms with Gasteiger partial charge in [0.05, 0.1) is 5.56 Å². The molecule has 0 fully saturated rings. The zero-order valence-electron chi connectivity index (χ0n) is 11.6. The normalized spacial score (nSPS) is 10.3. The third-order valence-electron chi connectivity index (χ3n) is 3.10. The van der Waals surface area contributed by atoms with Crippen molar-refractivity contribution >= 4 is 33.2 Å². The number of hydrogen-bond donors (Lipinski definition) is 1. The third kappa shape index (κ3) is 3.02. The molecule has 0 atom stereocenters. The van der Waals surface area contributed by atoms with Crippen LogP contribution < -0.4 is 10.6 Å². The van der Waals surface area contributed by atoms with Gasteiger partial charge in [-0.15, -0.1) is 0 Å². The molecule has 0 aliphatic heterocycles. The van der Waals surface area contributed by atoms with Crippen molar-refractivity contribution in [1.29, 1.82) is 0 Å². The Bertz CT molecular complexity index is 640. The van der Waals surface area contributed by atoms with E-state index in [2.05, 4.69) is 15.9 Å². The molecule has 4 heteroatoms. The summed E-state index contributed by atoms with van der Waals surface area (Å²) in [6.45, 7) is 4.53. The molecule has 0 aliphatic rings. The molecule has 3 nitrogen and oxygen atoms in total. The quantitative estimate of drug-likeness (QED) is 0.863. The second kappa shape index (κ2) is 6.09. The maximum Gasteiger partial charge on any atom is 0.259 e. The highest BCUT2D eigenvalue weighted by atomic mass is 79.9. The molecule has 0 spiro atoms. The molecule has 20 heavy (non-hydrogen) atoms. The van der Waals surface area contributed by atoms with E-state index in [-0.39, 0.29) is 5.91 Å². The monoisotopic (exact) mass is 332 g/mol. The molecular weight excluding hydrogens is 316 g/mol. The fourth-order valence-corrected chi connectivity index (χ4v) is 2.74. The Morgan fingerprint density at radius 2 is 2.00 bits per heavy atom. The van der Waals surface area contributed by atoms with Crippen molar-refractivity contribution in [2.75, 3.05) is 17.2 Å². The minimum Gasteiger partial charge on any atom is -0.399 e. The highest BCUT2D eigenvalue weighted by molar-refractivity contribution is 9.10. The van der Waals surface area contributed by atoms with Crippen LogP contribution in [-0.2, 0) is 0 Å². The van der Waals surface area contributed by atoms with Crippen LogP contribution in [0.4, 0.5) is 11.4 Å². The highest BCUT2D eigenvalue weighted by Gasteiger charge is 2.18. The number of carbonyl (C=O) groups is 1. The summed E-state index contributed by atoms with van der Waals surface area (Å²) in [5.74, 6) is -0.0371. The largest absolute Gasteiger partial charge is 0.399 e. The Hall–Kier alpha value is -1.81. The molecule has 104 valence electrons. The number of nitrogens with zero attached hydrogens (tertiary/aromatic N) is 1. The number of anilines is 2. The molecule has 0 unspecified atom stereocenters. The van der Waals surface area contributed by atoms with E-state index in [1.54, 1.807) is 4.90 Å². The number of benzene rings is 2. The zero-order chi connectivity index (χ0) is 14.7. The predicted molar refractivity (Wildman–Crippen MR) is 87.1 cm³/mol. The predicted octanol–water partition coefficient (Wildman–Crippen LogP) is 4.01. The van der Waals surface area contributed by atoms with Crippen molar-refractivity contribution in [2.45, 2.75) is 13.8 Å². The Morgan fingerprint density at radius 3 is 2.60 bits per heavy atom. The van der Waals surface area contributed by atoms with Gasteiger partial charge in [-0.05, 0) is 65.7 Å². The lowest BCUT2D eigenvalue weighted by molar-refractivity contribution is 0.0987. The van der Waals surface area contributed by atoms with E-state index in [1.165, 1.54) is 0 Å². The summed E-state index contributed by atoms with van der Waals surface area (Å²) in [5, 5.41) is 0. The third-order valence-corrected chi connectivity index (χ3v) is 3.75. The first-order valence-corrected chi connectivity index (χ1v) is 7.25. The van der Waals surface area contributed by atoms with E-state index < -0.39 is 0 Å². The van der Waals surface area contributed by atoms with Crippen molar-refractivity contribution < 1.29 is 4.79 Å². The van der Waals surface area contributed by atoms with E-state index in [0.29, 0.717) is 17.8 Å². The second-order valence-electron chi connectivity index (χ2n) is 4.63. The van der Waals surface area contributed by atoms with Gasteiger partial charge in [-0.25, -0.2) is 0 Å². The average Bonchev–Trinajstić information content (AvgIpc) is 2.39. The van der Waals surface area contributed by atoms with Crippen LogP contribution in [-0.4, -0.2) is 12.5 Å². The smallest absolute Gasteiger partial charge is 0.259 e. The summed E-state index contributed by atoms with van der Waals surface area (Å²) in [5.41, 5.74) is 9.02. The first-order chi connectivity index (χ1) is 9.52. The molecule has 0 bridgehead atoms. The molecule has 2 N–H and O–H groups in total. The molecular formula is C16H17BrN2O. The average molecular weight is 333 g/mol. The van der Waals surface area contributed by atoms with Crippen LogP contribution >= 0.6 is 15.9 Å². The van der Waals surface area contributed by atoms with Crippen LogP contribution in [0.15, 0.2) is 46.9 Å². The summed E-state index contributed by atoms with van der Waals surface area (Å²) in [4.78, 5) is 14.4. The lowest BCUT2D eigenvalue weighted by Crippen LogP contribution is -2.30. The van der Waals surface area contributed by atoms with E-state index in [0.717, 1.165) is 15.7 Å². The van der Waals surface area contributed by atoms with E-state index in [1.807, 2.05) is 56.3 Å². The van der Waals surface area contributed by atoms with Crippen molar-refractivity contribution in [2.24, 2.45) is 0 Å². The van der Waals surface area contributed by atoms with Crippen molar-refractivity contribution in [1.82, 2.24) is 0 Å². The summed E-state index contributed by atoms with van der Waals surface area (Å²) in [6, 6.07) is 13.1. The first kappa shape index (κ1) is 14.6. The van der Waals surface area contributed by atoms with E-state index in [9.17, 15) is 4.79 Å². The maximum atomic E-state index is 12.7. The van der Waals surface area contributed by atoms with Gasteiger partial charge in [-0.2, -0.15) is 0 Å². The number of hydrogen-bond acceptors (Lipinski definition) is 2. The minimum absolute atomic E-state index is 0.0371. The van der Waals surface area contributed by atoms with Gasteiger partial charge < -0.3 is 10.6 Å². The van der Waals surface area contributed by atoms with Gasteiger partial charge >= 0.3 is 0 Å². The van der Waals surface area contributed by atoms with Crippen LogP contribution in [0.3, 0.4) is 0 Å². The summed E-state index contributed by atoms with van der Waals surface area (Å²) >= 11 is 3.46. The van der Waals surface area contributed by atoms with Gasteiger partial charge in [0.1, 0.15) is 0 Å². The number of rotatable bonds is 3. The molecule has 0 saturated carbocycles. The Kier molecular flexibility index (Phi) is 4.45. The second-order valence-corrected chi connectivity index (χ2v) is 5.48. The van der Waals surface area contributed by atoms with Crippen molar-refractivity contribution in [3.63, 3.8) is 0 Å². The Balaban J connectivity index is 2.39. The van der Waals surface area contributed by atoms with Gasteiger partial charge in [-0.1, -0.05) is 12.1 Å². The van der Waals surface area contributed by atoms with Crippen LogP contribution in [0.5, 0.6) is 0 Å². The van der Waals surface area contributed by atoms with E-state index in [4.69, 9.17) is 5.73 Å². The SMILES string of the molecule is CCN(C(=O)c1ccc(C)cc1Br)c1cccc(N)c1. The topological polar surface area (TPSA) is 46.3 Å². The van der Waals surface area contributed by atoms with Gasteiger partial charge in [-0.3, -0.25) is 4.79 Å². The van der Waals surface area contributed by atoms with Crippen LogP contribution in [0.25, 0.3) is 0 Å². The van der Waals surface area contributed by atoms with Gasteiger partial charge in [0.25, 0.3) is 5.91 Å². The Labute approximate surface area is 127 Å². The molecule has 0 radical (unpaired) electrons. The van der Waals surface area contributed by atoms with Gasteiger partial charge in [0.2, 0.25) is 0 Å². The number of nitrogen functional groups attached to an aromatic ring is 1. The Morgan fingerprint density at radius 1 is 1.25 bits per heavy atom. The zero-order valence-corrected chi connectivity index (χ0v) is 13.1. The van der Waals surface area contributed by atoms with Crippen LogP contribution in [0, 0.1) is 6.92 Å². The molecule has 1 amide bonds. The lowest BCUT2D eigenvalue weighted by Gasteiger charge is -2.22. The van der Waals surface area contributed by atoms with Gasteiger partial charge in [0.15, 0.2) is 0 Å². The summed E-state index contributed by atoms with van der Waals surface area (Å²) in [6.07, 6.45) is 0. The standard InChI is InChI=1S/C16H17BrN2O/c1-3-19(13-6-4-5-12(18)10-13)16(20)14-8-7-11(2)9-15(14)17/h4-10H,3,18H2,1-2H3. The van der Waals surface area contributed by atoms with Crippen molar-refractivity contribution in [3.8, 4) is 0 Å². The number of aryl methyl sites for hydroxylation is 1. The van der Waals surface area contributed by atoms with Gasteiger partial charge in [0, 0.05) is 22.4 Å². The maximum absolute atomic E-state index is 12.7. The highest BCUT2D eigenvalue weighted by Crippen LogP contribution is 2.24. The van der Waals surface area contributed by atoms with E-state index >= 15 is 0 Å². The molecule has 2 rings (SSSR count). The first-order valence-electron chi connectivity index (χ1n) is 6.46. The molecule has 0 aliphatic carbocycles. The molecule has 0 saturated heterocycles. The number of nitrogens with two attached hydrogens (primary N) is 1. The van der Waals surface area contributed by atoms with Crippen LogP contribution in [0.2, 0.25) is 0 Å². The fourth-order valence-electron chi connectivity index (χ4n) is 2.08.